The highest BCUT2D eigenvalue weighted by molar-refractivity contribution is 6.34. The zero-order valence-corrected chi connectivity index (χ0v) is 15.6. The van der Waals surface area contributed by atoms with Crippen molar-refractivity contribution in [2.24, 2.45) is 4.99 Å². The van der Waals surface area contributed by atoms with E-state index in [4.69, 9.17) is 22.1 Å². The number of aliphatic imine (C=N–C) groups is 1. The Hall–Kier alpha value is -2.32. The number of halogens is 1. The molecule has 0 spiro atoms. The monoisotopic (exact) mass is 392 g/mol. The van der Waals surface area contributed by atoms with Crippen LogP contribution in [0.2, 0.25) is 5.02 Å². The number of amides is 2. The Bertz CT molecular complexity index is 845. The molecule has 2 amide bonds. The van der Waals surface area contributed by atoms with E-state index in [1.54, 1.807) is 25.1 Å². The average molecular weight is 393 g/mol. The highest BCUT2D eigenvalue weighted by Crippen LogP contribution is 2.43. The van der Waals surface area contributed by atoms with Gasteiger partial charge in [-0.3, -0.25) is 15.0 Å². The maximum absolute atomic E-state index is 13.1. The van der Waals surface area contributed by atoms with Gasteiger partial charge in [0.15, 0.2) is 0 Å². The summed E-state index contributed by atoms with van der Waals surface area (Å²) in [5.41, 5.74) is 5.86. The molecule has 0 radical (unpaired) electrons. The molecule has 0 saturated carbocycles. The van der Waals surface area contributed by atoms with Gasteiger partial charge in [-0.1, -0.05) is 23.7 Å². The maximum atomic E-state index is 13.1. The minimum absolute atomic E-state index is 0.0147. The third-order valence-corrected chi connectivity index (χ3v) is 6.00. The summed E-state index contributed by atoms with van der Waals surface area (Å²) in [5.74, 6) is -0.197. The standard InChI is InChI=1S/C18H21ClN4O4/c1-18(10-3-2-4-11(20)15(10)19)8-14(24)23(16(22-18)21-17(25)26)12-7-9-5-6-13(12)27-9/h2-4,9,12-13H,5-8,20H2,1H3,(H,21,22)(H,25,26)/t9?,12?,13?,18-/m0/s1. The van der Waals surface area contributed by atoms with Crippen LogP contribution in [0.15, 0.2) is 23.2 Å². The third kappa shape index (κ3) is 3.02. The summed E-state index contributed by atoms with van der Waals surface area (Å²) in [6, 6.07) is 4.95. The number of benzene rings is 1. The van der Waals surface area contributed by atoms with Crippen molar-refractivity contribution >= 4 is 35.2 Å². The molecule has 1 aromatic rings. The summed E-state index contributed by atoms with van der Waals surface area (Å²) in [5, 5.41) is 11.9. The SMILES string of the molecule is C[C@@]1(c2cccc(N)c2Cl)CC(=O)N(C2CC3CCC2O3)C(NC(=O)O)=N1. The highest BCUT2D eigenvalue weighted by Gasteiger charge is 2.50. The van der Waals surface area contributed by atoms with Crippen molar-refractivity contribution in [3.8, 4) is 0 Å². The number of hydrogen-bond acceptors (Lipinski definition) is 5. The quantitative estimate of drug-likeness (QED) is 0.667. The van der Waals surface area contributed by atoms with Gasteiger partial charge < -0.3 is 15.6 Å². The van der Waals surface area contributed by atoms with E-state index in [9.17, 15) is 14.7 Å². The van der Waals surface area contributed by atoms with Crippen LogP contribution in [0.5, 0.6) is 0 Å². The first-order chi connectivity index (χ1) is 12.8. The maximum Gasteiger partial charge on any atom is 0.411 e. The van der Waals surface area contributed by atoms with Crippen molar-refractivity contribution in [1.29, 1.82) is 0 Å². The number of carboxylic acid groups (broad SMARTS) is 1. The predicted molar refractivity (Wildman–Crippen MR) is 99.6 cm³/mol. The van der Waals surface area contributed by atoms with Crippen LogP contribution >= 0.6 is 11.6 Å². The van der Waals surface area contributed by atoms with Gasteiger partial charge >= 0.3 is 6.09 Å². The molecule has 2 saturated heterocycles. The fraction of sp³-hybridized carbons (Fsp3) is 0.500. The van der Waals surface area contributed by atoms with E-state index in [0.717, 1.165) is 12.8 Å². The Kier molecular flexibility index (Phi) is 4.27. The number of nitrogens with two attached hydrogens (primary N) is 1. The first-order valence-corrected chi connectivity index (χ1v) is 9.28. The molecule has 27 heavy (non-hydrogen) atoms. The number of carbonyl (C=O) groups excluding carboxylic acids is 1. The number of fused-ring (bicyclic) bond motifs is 2. The number of nitrogens with one attached hydrogen (secondary N) is 1. The Morgan fingerprint density at radius 3 is 2.89 bits per heavy atom. The summed E-state index contributed by atoms with van der Waals surface area (Å²) in [6.07, 6.45) is 1.34. The topological polar surface area (TPSA) is 117 Å². The number of guanidine groups is 1. The van der Waals surface area contributed by atoms with E-state index in [0.29, 0.717) is 22.7 Å². The minimum atomic E-state index is -1.28. The molecule has 9 heteroatoms. The van der Waals surface area contributed by atoms with Crippen LogP contribution in [0.4, 0.5) is 10.5 Å². The van der Waals surface area contributed by atoms with Gasteiger partial charge in [-0.25, -0.2) is 9.79 Å². The summed E-state index contributed by atoms with van der Waals surface area (Å²) in [6.45, 7) is 1.75. The molecule has 144 valence electrons. The number of hydrogen-bond donors (Lipinski definition) is 3. The first-order valence-electron chi connectivity index (χ1n) is 8.90. The number of ether oxygens (including phenoxy) is 1. The van der Waals surface area contributed by atoms with E-state index in [-0.39, 0.29) is 36.5 Å². The van der Waals surface area contributed by atoms with Gasteiger partial charge in [0.05, 0.1) is 40.9 Å². The lowest BCUT2D eigenvalue weighted by molar-refractivity contribution is -0.132. The molecule has 3 heterocycles. The summed E-state index contributed by atoms with van der Waals surface area (Å²) >= 11 is 6.36. The fourth-order valence-corrected chi connectivity index (χ4v) is 4.68. The van der Waals surface area contributed by atoms with Gasteiger partial charge in [0.25, 0.3) is 0 Å². The molecule has 3 unspecified atom stereocenters. The fourth-order valence-electron chi connectivity index (χ4n) is 4.35. The number of anilines is 1. The molecule has 0 aliphatic carbocycles. The van der Waals surface area contributed by atoms with Gasteiger partial charge in [0.1, 0.15) is 0 Å². The van der Waals surface area contributed by atoms with Crippen molar-refractivity contribution < 1.29 is 19.4 Å². The second-order valence-electron chi connectivity index (χ2n) is 7.47. The molecule has 2 fully saturated rings. The normalized spacial score (nSPS) is 32.5. The molecule has 4 rings (SSSR count). The van der Waals surface area contributed by atoms with Gasteiger partial charge in [0, 0.05) is 5.56 Å². The molecule has 3 aliphatic rings. The molecule has 3 aliphatic heterocycles. The van der Waals surface area contributed by atoms with Crippen LogP contribution in [0.1, 0.15) is 38.2 Å². The molecule has 4 N–H and O–H groups in total. The highest BCUT2D eigenvalue weighted by atomic mass is 35.5. The molecule has 1 aromatic carbocycles. The number of nitrogen functional groups attached to an aromatic ring is 1. The van der Waals surface area contributed by atoms with Crippen molar-refractivity contribution in [2.75, 3.05) is 5.73 Å². The van der Waals surface area contributed by atoms with Crippen LogP contribution < -0.4 is 11.1 Å². The van der Waals surface area contributed by atoms with E-state index in [2.05, 4.69) is 10.3 Å². The molecular weight excluding hydrogens is 372 g/mol. The lowest BCUT2D eigenvalue weighted by atomic mass is 9.86. The average Bonchev–Trinajstić information content (AvgIpc) is 3.19. The minimum Gasteiger partial charge on any atom is -0.465 e. The van der Waals surface area contributed by atoms with Crippen molar-refractivity contribution in [2.45, 2.75) is 56.4 Å². The van der Waals surface area contributed by atoms with E-state index in [1.165, 1.54) is 4.90 Å². The molecular formula is C18H21ClN4O4. The molecule has 4 atom stereocenters. The Balaban J connectivity index is 1.76. The third-order valence-electron chi connectivity index (χ3n) is 5.58. The van der Waals surface area contributed by atoms with E-state index in [1.807, 2.05) is 0 Å². The first kappa shape index (κ1) is 18.1. The Morgan fingerprint density at radius 2 is 2.26 bits per heavy atom. The van der Waals surface area contributed by atoms with Gasteiger partial charge in [0.2, 0.25) is 11.9 Å². The van der Waals surface area contributed by atoms with Gasteiger partial charge in [-0.05, 0) is 32.3 Å². The van der Waals surface area contributed by atoms with Crippen LogP contribution in [0.3, 0.4) is 0 Å². The van der Waals surface area contributed by atoms with Crippen LogP contribution in [0.25, 0.3) is 0 Å². The van der Waals surface area contributed by atoms with Gasteiger partial charge in [-0.15, -0.1) is 0 Å². The van der Waals surface area contributed by atoms with Crippen molar-refractivity contribution in [3.05, 3.63) is 28.8 Å². The largest absolute Gasteiger partial charge is 0.465 e. The van der Waals surface area contributed by atoms with Crippen LogP contribution in [0, 0.1) is 0 Å². The second-order valence-corrected chi connectivity index (χ2v) is 7.84. The molecule has 2 bridgehead atoms. The summed E-state index contributed by atoms with van der Waals surface area (Å²) < 4.78 is 5.85. The smallest absolute Gasteiger partial charge is 0.411 e. The Labute approximate surface area is 161 Å². The zero-order valence-electron chi connectivity index (χ0n) is 14.8. The van der Waals surface area contributed by atoms with Gasteiger partial charge in [-0.2, -0.15) is 0 Å². The van der Waals surface area contributed by atoms with Crippen LogP contribution in [-0.2, 0) is 15.1 Å². The lowest BCUT2D eigenvalue weighted by Crippen LogP contribution is -2.58. The zero-order chi connectivity index (χ0) is 19.3. The van der Waals surface area contributed by atoms with Crippen molar-refractivity contribution in [1.82, 2.24) is 10.2 Å². The molecule has 8 nitrogen and oxygen atoms in total. The second kappa shape index (κ2) is 6.38. The predicted octanol–water partition coefficient (Wildman–Crippen LogP) is 2.31. The van der Waals surface area contributed by atoms with E-state index >= 15 is 0 Å². The van der Waals surface area contributed by atoms with Crippen molar-refractivity contribution in [3.63, 3.8) is 0 Å². The molecule has 0 aromatic heterocycles. The number of nitrogens with zero attached hydrogens (tertiary/aromatic N) is 2. The lowest BCUT2D eigenvalue weighted by Gasteiger charge is -2.41. The van der Waals surface area contributed by atoms with Crippen LogP contribution in [-0.4, -0.2) is 46.2 Å². The Morgan fingerprint density at radius 1 is 1.48 bits per heavy atom. The summed E-state index contributed by atoms with van der Waals surface area (Å²) in [4.78, 5) is 30.6. The van der Waals surface area contributed by atoms with E-state index < -0.39 is 11.6 Å². The summed E-state index contributed by atoms with van der Waals surface area (Å²) in [7, 11) is 0. The number of rotatable bonds is 2. The number of carbonyl (C=O) groups is 2.